The van der Waals surface area contributed by atoms with E-state index in [4.69, 9.17) is 33.2 Å². The van der Waals surface area contributed by atoms with Gasteiger partial charge in [0.05, 0.1) is 28.9 Å². The number of carbonyl (C=O) groups is 5. The van der Waals surface area contributed by atoms with Crippen LogP contribution in [0.3, 0.4) is 0 Å². The van der Waals surface area contributed by atoms with Gasteiger partial charge < -0.3 is 53.8 Å². The first-order valence-corrected chi connectivity index (χ1v) is 18.2. The number of esters is 4. The smallest absolute Gasteiger partial charge is 0.338 e. The van der Waals surface area contributed by atoms with E-state index in [1.165, 1.54) is 48.5 Å². The lowest BCUT2D eigenvalue weighted by Gasteiger charge is -2.48. The Morgan fingerprint density at radius 3 is 1.45 bits per heavy atom. The van der Waals surface area contributed by atoms with Gasteiger partial charge >= 0.3 is 23.9 Å². The van der Waals surface area contributed by atoms with Gasteiger partial charge in [0.2, 0.25) is 5.91 Å². The first-order valence-electron chi connectivity index (χ1n) is 18.2. The fourth-order valence-corrected chi connectivity index (χ4v) is 6.43. The molecule has 0 aromatic heterocycles. The molecule has 2 fully saturated rings. The van der Waals surface area contributed by atoms with Crippen molar-refractivity contribution in [3.05, 3.63) is 144 Å². The Labute approximate surface area is 332 Å². The van der Waals surface area contributed by atoms with Crippen LogP contribution in [0.2, 0.25) is 0 Å². The zero-order valence-electron chi connectivity index (χ0n) is 31.0. The van der Waals surface area contributed by atoms with Gasteiger partial charge in [-0.3, -0.25) is 4.79 Å². The number of ether oxygens (including phenoxy) is 7. The minimum atomic E-state index is -1.87. The summed E-state index contributed by atoms with van der Waals surface area (Å²) in [6.45, 7) is -0.339. The third-order valence-electron chi connectivity index (χ3n) is 9.27. The second-order valence-electron chi connectivity index (χ2n) is 13.3. The average Bonchev–Trinajstić information content (AvgIpc) is 3.25. The number of rotatable bonds is 13. The molecule has 10 atom stereocenters. The highest BCUT2D eigenvalue weighted by atomic mass is 16.7. The molecule has 0 saturated carbocycles. The van der Waals surface area contributed by atoms with Crippen LogP contribution in [0.4, 0.5) is 0 Å². The Morgan fingerprint density at radius 2 is 1.00 bits per heavy atom. The van der Waals surface area contributed by atoms with Crippen molar-refractivity contribution in [1.82, 2.24) is 5.32 Å². The summed E-state index contributed by atoms with van der Waals surface area (Å²) in [7, 11) is 0. The van der Waals surface area contributed by atoms with Gasteiger partial charge in [-0.05, 0) is 48.5 Å². The highest BCUT2D eigenvalue weighted by Gasteiger charge is 2.55. The first-order chi connectivity index (χ1) is 28.0. The molecule has 2 aliphatic heterocycles. The van der Waals surface area contributed by atoms with Gasteiger partial charge in [-0.25, -0.2) is 19.2 Å². The Bertz CT molecular complexity index is 2000. The van der Waals surface area contributed by atoms with E-state index in [2.05, 4.69) is 5.32 Å². The Hall–Kier alpha value is -6.01. The van der Waals surface area contributed by atoms with Crippen molar-refractivity contribution >= 4 is 29.8 Å². The van der Waals surface area contributed by atoms with Gasteiger partial charge in [0.1, 0.15) is 37.1 Å². The van der Waals surface area contributed by atoms with Crippen molar-refractivity contribution in [2.75, 3.05) is 13.2 Å². The minimum absolute atomic E-state index is 0.0587. The van der Waals surface area contributed by atoms with Crippen molar-refractivity contribution in [3.8, 4) is 0 Å². The molecule has 16 nitrogen and oxygen atoms in total. The molecular weight excluding hydrogens is 758 g/mol. The molecule has 4 aromatic carbocycles. The number of nitrogens with one attached hydrogen (secondary N) is 1. The molecule has 0 radical (unpaired) electrons. The average molecular weight is 800 g/mol. The maximum absolute atomic E-state index is 13.6. The number of benzene rings is 4. The van der Waals surface area contributed by atoms with Gasteiger partial charge in [0.15, 0.2) is 30.9 Å². The maximum atomic E-state index is 13.6. The summed E-state index contributed by atoms with van der Waals surface area (Å²) in [5.74, 6) is -4.26. The van der Waals surface area contributed by atoms with Gasteiger partial charge in [0.25, 0.3) is 0 Å². The number of carbonyl (C=O) groups excluding carboxylic acids is 5. The minimum Gasteiger partial charge on any atom is -0.459 e. The van der Waals surface area contributed by atoms with Crippen molar-refractivity contribution in [2.45, 2.75) is 68.3 Å². The lowest BCUT2D eigenvalue weighted by Crippen LogP contribution is -2.68. The van der Waals surface area contributed by atoms with Crippen molar-refractivity contribution < 1.29 is 72.5 Å². The van der Waals surface area contributed by atoms with Crippen LogP contribution >= 0.6 is 0 Å². The molecule has 2 heterocycles. The van der Waals surface area contributed by atoms with Gasteiger partial charge in [-0.15, -0.1) is 0 Å². The molecule has 2 aliphatic rings. The van der Waals surface area contributed by atoms with Gasteiger partial charge in [0, 0.05) is 6.92 Å². The molecule has 1 amide bonds. The Morgan fingerprint density at radius 1 is 0.569 bits per heavy atom. The molecule has 4 aromatic rings. The quantitative estimate of drug-likeness (QED) is 0.112. The molecule has 304 valence electrons. The molecule has 6 rings (SSSR count). The van der Waals surface area contributed by atoms with E-state index >= 15 is 0 Å². The summed E-state index contributed by atoms with van der Waals surface area (Å²) in [6.07, 6.45) is -15.4. The fourth-order valence-electron chi connectivity index (χ4n) is 6.43. The maximum Gasteiger partial charge on any atom is 0.338 e. The molecule has 4 N–H and O–H groups in total. The van der Waals surface area contributed by atoms with Crippen LogP contribution in [-0.2, 0) is 38.0 Å². The molecule has 0 spiro atoms. The van der Waals surface area contributed by atoms with Gasteiger partial charge in [-0.2, -0.15) is 0 Å². The number of hydrogen-bond donors (Lipinski definition) is 4. The van der Waals surface area contributed by atoms with Crippen LogP contribution in [0.5, 0.6) is 0 Å². The van der Waals surface area contributed by atoms with E-state index in [-0.39, 0.29) is 22.3 Å². The van der Waals surface area contributed by atoms with E-state index in [0.29, 0.717) is 0 Å². The fraction of sp³-hybridized carbons (Fsp3) is 0.310. The predicted molar refractivity (Wildman–Crippen MR) is 199 cm³/mol. The number of hydrogen-bond acceptors (Lipinski definition) is 15. The molecule has 0 aliphatic carbocycles. The van der Waals surface area contributed by atoms with E-state index in [1.54, 1.807) is 72.8 Å². The van der Waals surface area contributed by atoms with E-state index in [0.717, 1.165) is 6.92 Å². The van der Waals surface area contributed by atoms with Gasteiger partial charge in [-0.1, -0.05) is 72.8 Å². The summed E-state index contributed by atoms with van der Waals surface area (Å²) in [5.41, 5.74) is 0.387. The zero-order chi connectivity index (χ0) is 41.2. The summed E-state index contributed by atoms with van der Waals surface area (Å²) >= 11 is 0. The topological polar surface area (TPSA) is 223 Å². The molecule has 16 heteroatoms. The summed E-state index contributed by atoms with van der Waals surface area (Å²) < 4.78 is 41.5. The van der Waals surface area contributed by atoms with Crippen LogP contribution in [0.1, 0.15) is 48.4 Å². The normalized spacial score (nSPS) is 26.7. The number of amides is 1. The molecule has 2 saturated heterocycles. The Balaban J connectivity index is 1.41. The molecular formula is C42H41NO15. The predicted octanol–water partition coefficient (Wildman–Crippen LogP) is 2.21. The van der Waals surface area contributed by atoms with E-state index in [9.17, 15) is 39.3 Å². The summed E-state index contributed by atoms with van der Waals surface area (Å²) in [5, 5.41) is 35.6. The number of aliphatic hydroxyl groups excluding tert-OH is 3. The number of aliphatic hydroxyl groups is 3. The molecule has 0 bridgehead atoms. The van der Waals surface area contributed by atoms with Crippen LogP contribution in [0, 0.1) is 0 Å². The van der Waals surface area contributed by atoms with Crippen LogP contribution in [0.15, 0.2) is 121 Å². The summed E-state index contributed by atoms with van der Waals surface area (Å²) in [6, 6.07) is 29.6. The van der Waals surface area contributed by atoms with E-state index < -0.39 is 104 Å². The summed E-state index contributed by atoms with van der Waals surface area (Å²) in [4.78, 5) is 66.3. The van der Waals surface area contributed by atoms with Crippen molar-refractivity contribution in [3.63, 3.8) is 0 Å². The lowest BCUT2D eigenvalue weighted by molar-refractivity contribution is -0.343. The SMILES string of the molecule is CC(=O)N[C@@H]1[C@@H](OC(=O)c2ccccc2)[C@H](O[C@H]2O[C@H](CO)[C@@H](O)[C@H](OC(=O)c3ccccc3)[C@@H]2OC(=O)c2ccccc2)[C@@H](COC(=O)c2ccccc2)O[C@@H]1O. The third-order valence-corrected chi connectivity index (χ3v) is 9.27. The van der Waals surface area contributed by atoms with E-state index in [1.807, 2.05) is 0 Å². The molecule has 58 heavy (non-hydrogen) atoms. The molecule has 0 unspecified atom stereocenters. The second kappa shape index (κ2) is 19.4. The monoisotopic (exact) mass is 799 g/mol. The second-order valence-corrected chi connectivity index (χ2v) is 13.3. The Kier molecular flexibility index (Phi) is 13.9. The van der Waals surface area contributed by atoms with Crippen molar-refractivity contribution in [2.24, 2.45) is 0 Å². The zero-order valence-corrected chi connectivity index (χ0v) is 31.0. The lowest BCUT2D eigenvalue weighted by atomic mass is 9.94. The standard InChI is InChI=1S/C42H41NO15/c1-24(45)43-31-34(55-38(48)26-16-8-3-9-17-26)33(30(53-41(31)51)23-52-37(47)25-14-6-2-7-15-25)58-42-36(57-40(50)28-20-12-5-13-21-28)35(32(46)29(22-44)54-42)56-39(49)27-18-10-4-11-19-27/h2-21,29-36,41-42,44,46,51H,22-23H2,1H3,(H,43,45)/t29-,30-,31-,32-,33-,34-,35+,36+,41+,42-/m1/s1. The van der Waals surface area contributed by atoms with Crippen LogP contribution in [-0.4, -0.2) is 120 Å². The highest BCUT2D eigenvalue weighted by Crippen LogP contribution is 2.34. The first kappa shape index (κ1) is 41.6. The largest absolute Gasteiger partial charge is 0.459 e. The van der Waals surface area contributed by atoms with Crippen molar-refractivity contribution in [1.29, 1.82) is 0 Å². The third kappa shape index (κ3) is 10.1. The highest BCUT2D eigenvalue weighted by molar-refractivity contribution is 5.91. The van der Waals surface area contributed by atoms with Crippen LogP contribution in [0.25, 0.3) is 0 Å². The van der Waals surface area contributed by atoms with Crippen LogP contribution < -0.4 is 5.32 Å².